The minimum Gasteiger partial charge on any atom is -0.507 e. The van der Waals surface area contributed by atoms with Gasteiger partial charge in [0.1, 0.15) is 22.6 Å². The summed E-state index contributed by atoms with van der Waals surface area (Å²) in [4.78, 5) is 35.9. The molecule has 0 saturated carbocycles. The van der Waals surface area contributed by atoms with Crippen LogP contribution in [0.5, 0.6) is 23.0 Å². The third kappa shape index (κ3) is 5.31. The van der Waals surface area contributed by atoms with Gasteiger partial charge in [0, 0.05) is 6.08 Å². The van der Waals surface area contributed by atoms with Gasteiger partial charge in [0.25, 0.3) is 0 Å². The zero-order chi connectivity index (χ0) is 23.1. The molecule has 0 spiro atoms. The summed E-state index contributed by atoms with van der Waals surface area (Å²) in [7, 11) is 1.37. The minimum absolute atomic E-state index is 0.0202. The highest BCUT2D eigenvalue weighted by atomic mass is 16.6. The van der Waals surface area contributed by atoms with Crippen molar-refractivity contribution in [3.8, 4) is 23.0 Å². The van der Waals surface area contributed by atoms with Crippen LogP contribution in [0.2, 0.25) is 0 Å². The first kappa shape index (κ1) is 22.1. The van der Waals surface area contributed by atoms with Crippen molar-refractivity contribution in [3.63, 3.8) is 0 Å². The van der Waals surface area contributed by atoms with E-state index in [4.69, 9.17) is 19.3 Å². The van der Waals surface area contributed by atoms with Crippen molar-refractivity contribution < 1.29 is 38.8 Å². The lowest BCUT2D eigenvalue weighted by molar-refractivity contribution is -0.131. The molecule has 3 aromatic rings. The molecule has 0 radical (unpaired) electrons. The molecule has 0 aliphatic heterocycles. The van der Waals surface area contributed by atoms with E-state index in [2.05, 4.69) is 0 Å². The molecule has 0 aromatic heterocycles. The summed E-state index contributed by atoms with van der Waals surface area (Å²) in [5.74, 6) is -2.76. The topological polar surface area (TPSA) is 119 Å². The number of hydrogen-bond acceptors (Lipinski definition) is 7. The van der Waals surface area contributed by atoms with Crippen LogP contribution in [0.3, 0.4) is 0 Å². The average Bonchev–Trinajstić information content (AvgIpc) is 2.78. The Morgan fingerprint density at radius 1 is 0.781 bits per heavy atom. The maximum absolute atomic E-state index is 12.8. The molecule has 0 fully saturated rings. The number of aromatic hydroxyl groups is 1. The standard InChI is InChI=1S/C24H18O8/c1-30-21-14-15(11-13-22(26)27)10-12-20(21)32-24(29)17-7-3-5-9-19(17)31-23(28)16-6-2-4-8-18(16)25/h2-14,25H,1H3,(H,26,27). The van der Waals surface area contributed by atoms with Crippen LogP contribution in [0.25, 0.3) is 6.08 Å². The Morgan fingerprint density at radius 3 is 2.09 bits per heavy atom. The average molecular weight is 434 g/mol. The van der Waals surface area contributed by atoms with Crippen LogP contribution in [0.15, 0.2) is 72.8 Å². The lowest BCUT2D eigenvalue weighted by atomic mass is 10.1. The van der Waals surface area contributed by atoms with Crippen LogP contribution in [0, 0.1) is 0 Å². The Bertz CT molecular complexity index is 1200. The number of phenolic OH excluding ortho intramolecular Hbond substituents is 1. The first-order valence-electron chi connectivity index (χ1n) is 9.29. The van der Waals surface area contributed by atoms with Crippen LogP contribution in [-0.4, -0.2) is 35.2 Å². The molecule has 0 heterocycles. The van der Waals surface area contributed by atoms with Crippen LogP contribution >= 0.6 is 0 Å². The van der Waals surface area contributed by atoms with E-state index in [9.17, 15) is 19.5 Å². The van der Waals surface area contributed by atoms with Crippen molar-refractivity contribution in [3.05, 3.63) is 89.5 Å². The van der Waals surface area contributed by atoms with Crippen molar-refractivity contribution in [2.45, 2.75) is 0 Å². The number of rotatable bonds is 7. The summed E-state index contributed by atoms with van der Waals surface area (Å²) in [5.41, 5.74) is 0.455. The lowest BCUT2D eigenvalue weighted by Gasteiger charge is -2.12. The molecule has 0 unspecified atom stereocenters. The van der Waals surface area contributed by atoms with Crippen molar-refractivity contribution in [1.29, 1.82) is 0 Å². The maximum Gasteiger partial charge on any atom is 0.347 e. The summed E-state index contributed by atoms with van der Waals surface area (Å²) in [5, 5.41) is 18.6. The minimum atomic E-state index is -1.10. The third-order valence-electron chi connectivity index (χ3n) is 4.24. The second kappa shape index (κ2) is 9.94. The van der Waals surface area contributed by atoms with Crippen molar-refractivity contribution in [2.75, 3.05) is 7.11 Å². The number of benzene rings is 3. The molecule has 8 nitrogen and oxygen atoms in total. The molecule has 3 rings (SSSR count). The first-order chi connectivity index (χ1) is 15.4. The van der Waals surface area contributed by atoms with E-state index in [0.29, 0.717) is 5.56 Å². The fraction of sp³-hybridized carbons (Fsp3) is 0.0417. The van der Waals surface area contributed by atoms with Crippen LogP contribution in [0.4, 0.5) is 0 Å². The monoisotopic (exact) mass is 434 g/mol. The number of carboxylic acids is 1. The number of esters is 2. The second-order valence-electron chi connectivity index (χ2n) is 6.37. The van der Waals surface area contributed by atoms with E-state index in [1.165, 1.54) is 49.6 Å². The van der Waals surface area contributed by atoms with Crippen molar-refractivity contribution >= 4 is 24.0 Å². The maximum atomic E-state index is 12.8. The van der Waals surface area contributed by atoms with Gasteiger partial charge in [0.05, 0.1) is 7.11 Å². The molecular formula is C24H18O8. The van der Waals surface area contributed by atoms with Crippen molar-refractivity contribution in [1.82, 2.24) is 0 Å². The zero-order valence-electron chi connectivity index (χ0n) is 16.8. The van der Waals surface area contributed by atoms with E-state index in [1.54, 1.807) is 30.3 Å². The number of aliphatic carboxylic acids is 1. The number of carbonyl (C=O) groups excluding carboxylic acids is 2. The van der Waals surface area contributed by atoms with Gasteiger partial charge in [-0.05, 0) is 48.0 Å². The molecule has 0 bridgehead atoms. The molecular weight excluding hydrogens is 416 g/mol. The predicted octanol–water partition coefficient (Wildman–Crippen LogP) is 3.94. The van der Waals surface area contributed by atoms with Crippen LogP contribution < -0.4 is 14.2 Å². The zero-order valence-corrected chi connectivity index (χ0v) is 16.8. The molecule has 3 aromatic carbocycles. The van der Waals surface area contributed by atoms with Gasteiger partial charge in [0.2, 0.25) is 0 Å². The summed E-state index contributed by atoms with van der Waals surface area (Å²) in [6.07, 6.45) is 2.33. The number of hydrogen-bond donors (Lipinski definition) is 2. The summed E-state index contributed by atoms with van der Waals surface area (Å²) >= 11 is 0. The molecule has 32 heavy (non-hydrogen) atoms. The number of carbonyl (C=O) groups is 3. The molecule has 0 aliphatic rings. The van der Waals surface area contributed by atoms with Gasteiger partial charge < -0.3 is 24.4 Å². The Hall–Kier alpha value is -4.59. The fourth-order valence-corrected chi connectivity index (χ4v) is 2.72. The van der Waals surface area contributed by atoms with Gasteiger partial charge >= 0.3 is 17.9 Å². The predicted molar refractivity (Wildman–Crippen MR) is 114 cm³/mol. The molecule has 2 N–H and O–H groups in total. The van der Waals surface area contributed by atoms with E-state index < -0.39 is 17.9 Å². The van der Waals surface area contributed by atoms with E-state index in [-0.39, 0.29) is 34.1 Å². The number of methoxy groups -OCH3 is 1. The summed E-state index contributed by atoms with van der Waals surface area (Å²) in [6.45, 7) is 0. The molecule has 0 atom stereocenters. The molecule has 0 amide bonds. The lowest BCUT2D eigenvalue weighted by Crippen LogP contribution is -2.15. The van der Waals surface area contributed by atoms with Crippen molar-refractivity contribution in [2.24, 2.45) is 0 Å². The third-order valence-corrected chi connectivity index (χ3v) is 4.24. The number of para-hydroxylation sites is 2. The second-order valence-corrected chi connectivity index (χ2v) is 6.37. The van der Waals surface area contributed by atoms with Gasteiger partial charge in [-0.2, -0.15) is 0 Å². The number of carboxylic acid groups (broad SMARTS) is 1. The number of phenols is 1. The Kier molecular flexibility index (Phi) is 6.87. The molecule has 0 aliphatic carbocycles. The SMILES string of the molecule is COc1cc(C=CC(=O)O)ccc1OC(=O)c1ccccc1OC(=O)c1ccccc1O. The largest absolute Gasteiger partial charge is 0.507 e. The summed E-state index contributed by atoms with van der Waals surface area (Å²) in [6, 6.07) is 16.4. The quantitative estimate of drug-likeness (QED) is 0.326. The van der Waals surface area contributed by atoms with Gasteiger partial charge in [-0.25, -0.2) is 14.4 Å². The van der Waals surface area contributed by atoms with E-state index >= 15 is 0 Å². The Labute approximate surface area is 182 Å². The van der Waals surface area contributed by atoms with Gasteiger partial charge in [-0.3, -0.25) is 0 Å². The highest BCUT2D eigenvalue weighted by Crippen LogP contribution is 2.31. The fourth-order valence-electron chi connectivity index (χ4n) is 2.72. The number of ether oxygens (including phenoxy) is 3. The highest BCUT2D eigenvalue weighted by molar-refractivity contribution is 5.98. The van der Waals surface area contributed by atoms with Gasteiger partial charge in [-0.1, -0.05) is 30.3 Å². The van der Waals surface area contributed by atoms with E-state index in [0.717, 1.165) is 6.08 Å². The van der Waals surface area contributed by atoms with Gasteiger partial charge in [0.15, 0.2) is 11.5 Å². The first-order valence-corrected chi connectivity index (χ1v) is 9.29. The summed E-state index contributed by atoms with van der Waals surface area (Å²) < 4.78 is 15.9. The Morgan fingerprint density at radius 2 is 1.41 bits per heavy atom. The molecule has 0 saturated heterocycles. The Balaban J connectivity index is 1.83. The van der Waals surface area contributed by atoms with Crippen LogP contribution in [-0.2, 0) is 4.79 Å². The van der Waals surface area contributed by atoms with E-state index in [1.807, 2.05) is 0 Å². The van der Waals surface area contributed by atoms with Crippen LogP contribution in [0.1, 0.15) is 26.3 Å². The molecule has 162 valence electrons. The van der Waals surface area contributed by atoms with Gasteiger partial charge in [-0.15, -0.1) is 0 Å². The normalized spacial score (nSPS) is 10.5. The smallest absolute Gasteiger partial charge is 0.347 e. The molecule has 8 heteroatoms. The highest BCUT2D eigenvalue weighted by Gasteiger charge is 2.20.